The van der Waals surface area contributed by atoms with Crippen LogP contribution in [-0.2, 0) is 4.79 Å². The number of carbonyl (C=O) groups is 1. The number of nitrogens with one attached hydrogen (secondary N) is 1. The van der Waals surface area contributed by atoms with E-state index in [1.807, 2.05) is 0 Å². The smallest absolute Gasteiger partial charge is 0.220 e. The molecule has 0 unspecified atom stereocenters. The van der Waals surface area contributed by atoms with Crippen LogP contribution in [0, 0.1) is 5.92 Å². The van der Waals surface area contributed by atoms with Crippen LogP contribution in [0.2, 0.25) is 0 Å². The van der Waals surface area contributed by atoms with Crippen molar-refractivity contribution in [2.75, 3.05) is 11.9 Å². The second-order valence-corrected chi connectivity index (χ2v) is 4.83. The summed E-state index contributed by atoms with van der Waals surface area (Å²) >= 11 is 3.38. The molecule has 0 aliphatic rings. The minimum Gasteiger partial charge on any atom is -0.356 e. The molecule has 0 saturated carbocycles. The van der Waals surface area contributed by atoms with Crippen LogP contribution in [0.3, 0.4) is 0 Å². The summed E-state index contributed by atoms with van der Waals surface area (Å²) in [6, 6.07) is 0. The molecule has 0 rings (SSSR count). The molecule has 0 spiro atoms. The first-order chi connectivity index (χ1) is 6.66. The lowest BCUT2D eigenvalue weighted by atomic mass is 10.1. The molecule has 14 heavy (non-hydrogen) atoms. The van der Waals surface area contributed by atoms with E-state index >= 15 is 0 Å². The molecule has 1 amide bonds. The van der Waals surface area contributed by atoms with Gasteiger partial charge in [-0.3, -0.25) is 4.79 Å². The minimum atomic E-state index is 0.206. The molecule has 0 fully saturated rings. The van der Waals surface area contributed by atoms with Gasteiger partial charge in [-0.1, -0.05) is 36.2 Å². The maximum Gasteiger partial charge on any atom is 0.220 e. The van der Waals surface area contributed by atoms with Crippen molar-refractivity contribution in [2.45, 2.75) is 46.0 Å². The van der Waals surface area contributed by atoms with Gasteiger partial charge < -0.3 is 5.32 Å². The van der Waals surface area contributed by atoms with Gasteiger partial charge in [-0.2, -0.15) is 0 Å². The third kappa shape index (κ3) is 10.0. The molecular formula is C11H22BrNO. The van der Waals surface area contributed by atoms with Crippen molar-refractivity contribution in [3.05, 3.63) is 0 Å². The number of alkyl halides is 1. The van der Waals surface area contributed by atoms with E-state index in [0.717, 1.165) is 24.7 Å². The SMILES string of the molecule is CC(C)CCC(=O)NCCCCCBr. The number of amides is 1. The number of rotatable bonds is 8. The summed E-state index contributed by atoms with van der Waals surface area (Å²) in [5.74, 6) is 0.826. The van der Waals surface area contributed by atoms with Gasteiger partial charge in [-0.25, -0.2) is 0 Å². The standard InChI is InChI=1S/C11H22BrNO/c1-10(2)6-7-11(14)13-9-5-3-4-8-12/h10H,3-9H2,1-2H3,(H,13,14). The van der Waals surface area contributed by atoms with Gasteiger partial charge >= 0.3 is 0 Å². The van der Waals surface area contributed by atoms with Gasteiger partial charge in [0.05, 0.1) is 0 Å². The molecule has 0 aromatic heterocycles. The maximum absolute atomic E-state index is 11.3. The van der Waals surface area contributed by atoms with Crippen LogP contribution >= 0.6 is 15.9 Å². The third-order valence-electron chi connectivity index (χ3n) is 2.08. The fraction of sp³-hybridized carbons (Fsp3) is 0.909. The van der Waals surface area contributed by atoms with Crippen molar-refractivity contribution in [1.29, 1.82) is 0 Å². The Morgan fingerprint density at radius 3 is 2.57 bits per heavy atom. The van der Waals surface area contributed by atoms with Gasteiger partial charge in [0.2, 0.25) is 5.91 Å². The Kier molecular flexibility index (Phi) is 9.47. The van der Waals surface area contributed by atoms with Crippen LogP contribution in [0.1, 0.15) is 46.0 Å². The lowest BCUT2D eigenvalue weighted by Crippen LogP contribution is -2.24. The minimum absolute atomic E-state index is 0.206. The first-order valence-corrected chi connectivity index (χ1v) is 6.61. The van der Waals surface area contributed by atoms with E-state index in [0.29, 0.717) is 12.3 Å². The number of hydrogen-bond acceptors (Lipinski definition) is 1. The van der Waals surface area contributed by atoms with Crippen LogP contribution in [0.25, 0.3) is 0 Å². The highest BCUT2D eigenvalue weighted by Gasteiger charge is 2.01. The van der Waals surface area contributed by atoms with E-state index in [4.69, 9.17) is 0 Å². The maximum atomic E-state index is 11.3. The molecule has 0 aromatic carbocycles. The van der Waals surface area contributed by atoms with E-state index in [2.05, 4.69) is 35.1 Å². The zero-order valence-electron chi connectivity index (χ0n) is 9.31. The van der Waals surface area contributed by atoms with Crippen molar-refractivity contribution >= 4 is 21.8 Å². The average Bonchev–Trinajstić information content (AvgIpc) is 2.14. The van der Waals surface area contributed by atoms with Gasteiger partial charge in [0.15, 0.2) is 0 Å². The molecule has 0 radical (unpaired) electrons. The second-order valence-electron chi connectivity index (χ2n) is 4.03. The summed E-state index contributed by atoms with van der Waals surface area (Å²) in [7, 11) is 0. The first kappa shape index (κ1) is 13.9. The van der Waals surface area contributed by atoms with Crippen molar-refractivity contribution in [3.63, 3.8) is 0 Å². The molecule has 0 aliphatic heterocycles. The fourth-order valence-electron chi connectivity index (χ4n) is 1.13. The van der Waals surface area contributed by atoms with Crippen molar-refractivity contribution in [2.24, 2.45) is 5.92 Å². The predicted octanol–water partition coefficient (Wildman–Crippen LogP) is 3.10. The Balaban J connectivity index is 3.18. The quantitative estimate of drug-likeness (QED) is 0.529. The summed E-state index contributed by atoms with van der Waals surface area (Å²) in [5.41, 5.74) is 0. The zero-order valence-corrected chi connectivity index (χ0v) is 10.9. The Morgan fingerprint density at radius 1 is 1.29 bits per heavy atom. The number of halogens is 1. The molecule has 0 heterocycles. The second kappa shape index (κ2) is 9.50. The molecule has 84 valence electrons. The first-order valence-electron chi connectivity index (χ1n) is 5.49. The van der Waals surface area contributed by atoms with E-state index in [-0.39, 0.29) is 5.91 Å². The van der Waals surface area contributed by atoms with E-state index in [9.17, 15) is 4.79 Å². The van der Waals surface area contributed by atoms with Gasteiger partial charge in [0.25, 0.3) is 0 Å². The third-order valence-corrected chi connectivity index (χ3v) is 2.64. The molecule has 0 aliphatic carbocycles. The summed E-state index contributed by atoms with van der Waals surface area (Å²) < 4.78 is 0. The van der Waals surface area contributed by atoms with Crippen LogP contribution < -0.4 is 5.32 Å². The highest BCUT2D eigenvalue weighted by molar-refractivity contribution is 9.09. The molecule has 0 saturated heterocycles. The Hall–Kier alpha value is -0.0500. The predicted molar refractivity (Wildman–Crippen MR) is 64.7 cm³/mol. The molecule has 0 atom stereocenters. The fourth-order valence-corrected chi connectivity index (χ4v) is 1.53. The van der Waals surface area contributed by atoms with Crippen LogP contribution in [0.5, 0.6) is 0 Å². The summed E-state index contributed by atoms with van der Waals surface area (Å²) in [5, 5.41) is 4.01. The average molecular weight is 264 g/mol. The topological polar surface area (TPSA) is 29.1 Å². The lowest BCUT2D eigenvalue weighted by Gasteiger charge is -2.06. The van der Waals surface area contributed by atoms with Crippen molar-refractivity contribution in [1.82, 2.24) is 5.32 Å². The van der Waals surface area contributed by atoms with Crippen molar-refractivity contribution < 1.29 is 4.79 Å². The molecule has 2 nitrogen and oxygen atoms in total. The van der Waals surface area contributed by atoms with Gasteiger partial charge in [0, 0.05) is 18.3 Å². The Morgan fingerprint density at radius 2 is 2.00 bits per heavy atom. The molecule has 0 bridgehead atoms. The summed E-state index contributed by atoms with van der Waals surface area (Å²) in [6.45, 7) is 5.12. The molecule has 0 aromatic rings. The highest BCUT2D eigenvalue weighted by Crippen LogP contribution is 2.03. The van der Waals surface area contributed by atoms with Gasteiger partial charge in [-0.15, -0.1) is 0 Å². The van der Waals surface area contributed by atoms with E-state index < -0.39 is 0 Å². The van der Waals surface area contributed by atoms with E-state index in [1.165, 1.54) is 12.8 Å². The number of carbonyl (C=O) groups excluding carboxylic acids is 1. The molecular weight excluding hydrogens is 242 g/mol. The van der Waals surface area contributed by atoms with Gasteiger partial charge in [-0.05, 0) is 25.2 Å². The lowest BCUT2D eigenvalue weighted by molar-refractivity contribution is -0.121. The summed E-state index contributed by atoms with van der Waals surface area (Å²) in [6.07, 6.45) is 5.15. The van der Waals surface area contributed by atoms with Crippen LogP contribution in [0.4, 0.5) is 0 Å². The number of unbranched alkanes of at least 4 members (excludes halogenated alkanes) is 2. The molecule has 3 heteroatoms. The monoisotopic (exact) mass is 263 g/mol. The Labute approximate surface area is 96.0 Å². The van der Waals surface area contributed by atoms with Gasteiger partial charge in [0.1, 0.15) is 0 Å². The number of hydrogen-bond donors (Lipinski definition) is 1. The molecule has 1 N–H and O–H groups in total. The normalized spacial score (nSPS) is 10.6. The Bertz CT molecular complexity index is 148. The van der Waals surface area contributed by atoms with E-state index in [1.54, 1.807) is 0 Å². The largest absolute Gasteiger partial charge is 0.356 e. The van der Waals surface area contributed by atoms with Crippen molar-refractivity contribution in [3.8, 4) is 0 Å². The van der Waals surface area contributed by atoms with Crippen LogP contribution in [0.15, 0.2) is 0 Å². The highest BCUT2D eigenvalue weighted by atomic mass is 79.9. The zero-order chi connectivity index (χ0) is 10.8. The van der Waals surface area contributed by atoms with Crippen LogP contribution in [-0.4, -0.2) is 17.8 Å². The summed E-state index contributed by atoms with van der Waals surface area (Å²) in [4.78, 5) is 11.3.